The molecule has 20 heavy (non-hydrogen) atoms. The molecule has 2 rings (SSSR count). The number of hydrogen-bond donors (Lipinski definition) is 1. The van der Waals surface area contributed by atoms with E-state index in [0.717, 1.165) is 37.7 Å². The maximum atomic E-state index is 10.9. The van der Waals surface area contributed by atoms with Gasteiger partial charge in [0.15, 0.2) is 0 Å². The highest BCUT2D eigenvalue weighted by molar-refractivity contribution is 6.30. The lowest BCUT2D eigenvalue weighted by molar-refractivity contribution is -0.141. The van der Waals surface area contributed by atoms with Gasteiger partial charge in [0.05, 0.1) is 5.92 Å². The van der Waals surface area contributed by atoms with Crippen LogP contribution in [0.3, 0.4) is 0 Å². The zero-order valence-electron chi connectivity index (χ0n) is 11.8. The topological polar surface area (TPSA) is 43.8 Å². The van der Waals surface area contributed by atoms with Crippen LogP contribution in [0.25, 0.3) is 0 Å². The second-order valence-electron chi connectivity index (χ2n) is 5.45. The third-order valence-corrected chi connectivity index (χ3v) is 3.95. The summed E-state index contributed by atoms with van der Waals surface area (Å²) in [6.45, 7) is 7.11. The Bertz CT molecular complexity index is 459. The fraction of sp³-hybridized carbons (Fsp3) is 0.533. The molecule has 1 unspecified atom stereocenters. The summed E-state index contributed by atoms with van der Waals surface area (Å²) in [4.78, 5) is 15.5. The Balaban J connectivity index is 1.78. The lowest BCUT2D eigenvalue weighted by atomic mass is 10.1. The Labute approximate surface area is 124 Å². The van der Waals surface area contributed by atoms with Crippen molar-refractivity contribution in [3.8, 4) is 0 Å². The molecule has 1 aliphatic heterocycles. The number of benzene rings is 1. The Morgan fingerprint density at radius 3 is 2.55 bits per heavy atom. The minimum atomic E-state index is -0.716. The molecule has 5 heteroatoms. The van der Waals surface area contributed by atoms with E-state index < -0.39 is 5.97 Å². The van der Waals surface area contributed by atoms with E-state index in [9.17, 15) is 4.79 Å². The van der Waals surface area contributed by atoms with Gasteiger partial charge >= 0.3 is 5.97 Å². The molecule has 0 spiro atoms. The minimum Gasteiger partial charge on any atom is -0.481 e. The zero-order valence-corrected chi connectivity index (χ0v) is 12.5. The third kappa shape index (κ3) is 4.47. The summed E-state index contributed by atoms with van der Waals surface area (Å²) in [5.41, 5.74) is 1.23. The Kier molecular flexibility index (Phi) is 5.40. The molecule has 0 amide bonds. The minimum absolute atomic E-state index is 0.297. The molecule has 1 fully saturated rings. The lowest BCUT2D eigenvalue weighted by Gasteiger charge is -2.35. The molecule has 0 bridgehead atoms. The number of nitrogens with zero attached hydrogens (tertiary/aromatic N) is 2. The first-order chi connectivity index (χ1) is 9.54. The van der Waals surface area contributed by atoms with Crippen LogP contribution >= 0.6 is 11.6 Å². The van der Waals surface area contributed by atoms with Crippen molar-refractivity contribution in [1.82, 2.24) is 9.80 Å². The van der Waals surface area contributed by atoms with Crippen LogP contribution < -0.4 is 0 Å². The number of carboxylic acid groups (broad SMARTS) is 1. The van der Waals surface area contributed by atoms with E-state index in [0.29, 0.717) is 6.54 Å². The van der Waals surface area contributed by atoms with Gasteiger partial charge in [0.1, 0.15) is 0 Å². The van der Waals surface area contributed by atoms with E-state index in [1.807, 2.05) is 18.2 Å². The van der Waals surface area contributed by atoms with Crippen molar-refractivity contribution >= 4 is 17.6 Å². The fourth-order valence-corrected chi connectivity index (χ4v) is 2.70. The van der Waals surface area contributed by atoms with Crippen LogP contribution in [0.15, 0.2) is 24.3 Å². The monoisotopic (exact) mass is 296 g/mol. The summed E-state index contributed by atoms with van der Waals surface area (Å²) in [6.07, 6.45) is 0. The molecule has 1 heterocycles. The number of hydrogen-bond acceptors (Lipinski definition) is 3. The number of rotatable bonds is 5. The predicted octanol–water partition coefficient (Wildman–Crippen LogP) is 2.18. The van der Waals surface area contributed by atoms with Crippen molar-refractivity contribution in [2.24, 2.45) is 5.92 Å². The van der Waals surface area contributed by atoms with Crippen LogP contribution in [0.4, 0.5) is 0 Å². The Morgan fingerprint density at radius 1 is 1.30 bits per heavy atom. The maximum absolute atomic E-state index is 10.9. The first-order valence-corrected chi connectivity index (χ1v) is 7.34. The van der Waals surface area contributed by atoms with Gasteiger partial charge in [-0.2, -0.15) is 0 Å². The number of carbonyl (C=O) groups is 1. The van der Waals surface area contributed by atoms with E-state index in [2.05, 4.69) is 15.9 Å². The van der Waals surface area contributed by atoms with Gasteiger partial charge in [0.2, 0.25) is 0 Å². The molecule has 0 saturated carbocycles. The molecule has 1 aromatic carbocycles. The van der Waals surface area contributed by atoms with Crippen molar-refractivity contribution in [3.63, 3.8) is 0 Å². The molecule has 1 saturated heterocycles. The van der Waals surface area contributed by atoms with Gasteiger partial charge in [-0.25, -0.2) is 0 Å². The van der Waals surface area contributed by atoms with Gasteiger partial charge in [0.25, 0.3) is 0 Å². The smallest absolute Gasteiger partial charge is 0.307 e. The van der Waals surface area contributed by atoms with Crippen molar-refractivity contribution in [2.45, 2.75) is 13.5 Å². The summed E-state index contributed by atoms with van der Waals surface area (Å²) < 4.78 is 0. The molecule has 1 N–H and O–H groups in total. The first-order valence-electron chi connectivity index (χ1n) is 6.96. The fourth-order valence-electron chi connectivity index (χ4n) is 2.49. The van der Waals surface area contributed by atoms with Crippen LogP contribution in [-0.4, -0.2) is 53.6 Å². The molecule has 1 aromatic rings. The largest absolute Gasteiger partial charge is 0.481 e. The van der Waals surface area contributed by atoms with E-state index in [1.54, 1.807) is 6.92 Å². The van der Waals surface area contributed by atoms with Crippen molar-refractivity contribution < 1.29 is 9.90 Å². The summed E-state index contributed by atoms with van der Waals surface area (Å²) in [6, 6.07) is 7.95. The van der Waals surface area contributed by atoms with E-state index >= 15 is 0 Å². The van der Waals surface area contributed by atoms with Crippen molar-refractivity contribution in [1.29, 1.82) is 0 Å². The highest BCUT2D eigenvalue weighted by atomic mass is 35.5. The SMILES string of the molecule is CC(CN1CCN(Cc2cccc(Cl)c2)CC1)C(=O)O. The van der Waals surface area contributed by atoms with Crippen LogP contribution in [0.1, 0.15) is 12.5 Å². The van der Waals surface area contributed by atoms with Gasteiger partial charge in [-0.1, -0.05) is 30.7 Å². The number of halogens is 1. The Hall–Kier alpha value is -1.10. The average Bonchev–Trinajstić information content (AvgIpc) is 2.41. The molecule has 1 aliphatic rings. The normalized spacial score (nSPS) is 18.9. The quantitative estimate of drug-likeness (QED) is 0.904. The highest BCUT2D eigenvalue weighted by Gasteiger charge is 2.21. The molecular formula is C15H21ClN2O2. The average molecular weight is 297 g/mol. The summed E-state index contributed by atoms with van der Waals surface area (Å²) in [7, 11) is 0. The molecule has 0 aromatic heterocycles. The maximum Gasteiger partial charge on any atom is 0.307 e. The second-order valence-corrected chi connectivity index (χ2v) is 5.88. The predicted molar refractivity (Wildman–Crippen MR) is 80.0 cm³/mol. The van der Waals surface area contributed by atoms with Crippen LogP contribution in [0.5, 0.6) is 0 Å². The molecule has 0 radical (unpaired) electrons. The number of piperazine rings is 1. The molecule has 1 atom stereocenters. The first kappa shape index (κ1) is 15.3. The Morgan fingerprint density at radius 2 is 1.95 bits per heavy atom. The number of carboxylic acids is 1. The van der Waals surface area contributed by atoms with Gasteiger partial charge in [-0.15, -0.1) is 0 Å². The van der Waals surface area contributed by atoms with E-state index in [-0.39, 0.29) is 5.92 Å². The van der Waals surface area contributed by atoms with Gasteiger partial charge in [0, 0.05) is 44.3 Å². The highest BCUT2D eigenvalue weighted by Crippen LogP contribution is 2.14. The third-order valence-electron chi connectivity index (χ3n) is 3.71. The number of aliphatic carboxylic acids is 1. The molecule has 110 valence electrons. The standard InChI is InChI=1S/C15H21ClN2O2/c1-12(15(19)20)10-17-5-7-18(8-6-17)11-13-3-2-4-14(16)9-13/h2-4,9,12H,5-8,10-11H2,1H3,(H,19,20). The van der Waals surface area contributed by atoms with Crippen molar-refractivity contribution in [3.05, 3.63) is 34.9 Å². The van der Waals surface area contributed by atoms with Gasteiger partial charge in [-0.05, 0) is 17.7 Å². The summed E-state index contributed by atoms with van der Waals surface area (Å²) >= 11 is 5.99. The van der Waals surface area contributed by atoms with Crippen molar-refractivity contribution in [2.75, 3.05) is 32.7 Å². The van der Waals surface area contributed by atoms with E-state index in [1.165, 1.54) is 5.56 Å². The van der Waals surface area contributed by atoms with Gasteiger partial charge in [-0.3, -0.25) is 14.6 Å². The zero-order chi connectivity index (χ0) is 14.5. The van der Waals surface area contributed by atoms with Crippen LogP contribution in [0, 0.1) is 5.92 Å². The molecule has 4 nitrogen and oxygen atoms in total. The lowest BCUT2D eigenvalue weighted by Crippen LogP contribution is -2.47. The second kappa shape index (κ2) is 7.07. The van der Waals surface area contributed by atoms with Gasteiger partial charge < -0.3 is 5.11 Å². The van der Waals surface area contributed by atoms with Crippen LogP contribution in [-0.2, 0) is 11.3 Å². The summed E-state index contributed by atoms with van der Waals surface area (Å²) in [5.74, 6) is -1.01. The van der Waals surface area contributed by atoms with E-state index in [4.69, 9.17) is 16.7 Å². The van der Waals surface area contributed by atoms with Crippen LogP contribution in [0.2, 0.25) is 5.02 Å². The summed E-state index contributed by atoms with van der Waals surface area (Å²) in [5, 5.41) is 9.71. The molecule has 0 aliphatic carbocycles. The molecular weight excluding hydrogens is 276 g/mol.